The topological polar surface area (TPSA) is 32.7 Å². The molecule has 1 aromatic carbocycles. The molecule has 1 aliphatic rings. The number of phenolic OH excluding ortho intramolecular Hbond substituents is 1. The number of piperidine rings is 1. The normalized spacial score (nSPS) is 17.6. The van der Waals surface area contributed by atoms with Crippen LogP contribution in [0.15, 0.2) is 18.2 Å². The first-order valence-electron chi connectivity index (χ1n) is 7.31. The van der Waals surface area contributed by atoms with E-state index in [-0.39, 0.29) is 0 Å². The van der Waals surface area contributed by atoms with Crippen molar-refractivity contribution in [3.8, 4) is 11.5 Å². The third-order valence-corrected chi connectivity index (χ3v) is 4.09. The van der Waals surface area contributed by atoms with Gasteiger partial charge in [-0.05, 0) is 37.9 Å². The van der Waals surface area contributed by atoms with Crippen LogP contribution < -0.4 is 4.74 Å². The summed E-state index contributed by atoms with van der Waals surface area (Å²) in [4.78, 5) is 2.44. The number of rotatable bonds is 5. The molecule has 1 aromatic rings. The van der Waals surface area contributed by atoms with Gasteiger partial charge in [-0.1, -0.05) is 25.8 Å². The summed E-state index contributed by atoms with van der Waals surface area (Å²) in [6.45, 7) is 5.41. The van der Waals surface area contributed by atoms with Crippen molar-refractivity contribution in [1.29, 1.82) is 0 Å². The Hall–Kier alpha value is -1.22. The highest BCUT2D eigenvalue weighted by Gasteiger charge is 2.19. The van der Waals surface area contributed by atoms with Gasteiger partial charge in [0, 0.05) is 18.2 Å². The predicted octanol–water partition coefficient (Wildman–Crippen LogP) is 3.41. The van der Waals surface area contributed by atoms with Gasteiger partial charge >= 0.3 is 0 Å². The van der Waals surface area contributed by atoms with Gasteiger partial charge in [-0.15, -0.1) is 0 Å². The molecule has 3 nitrogen and oxygen atoms in total. The van der Waals surface area contributed by atoms with Gasteiger partial charge in [0.2, 0.25) is 0 Å². The maximum absolute atomic E-state index is 9.98. The molecule has 0 spiro atoms. The molecule has 0 saturated carbocycles. The summed E-state index contributed by atoms with van der Waals surface area (Å²) in [5.41, 5.74) is 0.995. The predicted molar refractivity (Wildman–Crippen MR) is 77.6 cm³/mol. The third-order valence-electron chi connectivity index (χ3n) is 4.09. The first-order chi connectivity index (χ1) is 9.22. The van der Waals surface area contributed by atoms with Crippen LogP contribution >= 0.6 is 0 Å². The minimum absolute atomic E-state index is 0.343. The molecule has 1 heterocycles. The zero-order valence-corrected chi connectivity index (χ0v) is 12.1. The van der Waals surface area contributed by atoms with Crippen molar-refractivity contribution in [2.45, 2.75) is 39.2 Å². The molecule has 19 heavy (non-hydrogen) atoms. The first-order valence-corrected chi connectivity index (χ1v) is 7.31. The lowest BCUT2D eigenvalue weighted by Gasteiger charge is -2.32. The van der Waals surface area contributed by atoms with E-state index >= 15 is 0 Å². The largest absolute Gasteiger partial charge is 0.507 e. The number of nitrogens with zero attached hydrogens (tertiary/aromatic N) is 1. The quantitative estimate of drug-likeness (QED) is 0.883. The fourth-order valence-corrected chi connectivity index (χ4v) is 2.89. The summed E-state index contributed by atoms with van der Waals surface area (Å²) >= 11 is 0. The van der Waals surface area contributed by atoms with E-state index in [0.29, 0.717) is 11.5 Å². The zero-order valence-electron chi connectivity index (χ0n) is 12.1. The van der Waals surface area contributed by atoms with Crippen LogP contribution in [0.25, 0.3) is 0 Å². The monoisotopic (exact) mass is 263 g/mol. The van der Waals surface area contributed by atoms with Crippen molar-refractivity contribution in [1.82, 2.24) is 4.90 Å². The van der Waals surface area contributed by atoms with Crippen LogP contribution in [0.2, 0.25) is 0 Å². The molecule has 1 fully saturated rings. The lowest BCUT2D eigenvalue weighted by Crippen LogP contribution is -2.33. The average molecular weight is 263 g/mol. The molecule has 3 heteroatoms. The minimum Gasteiger partial charge on any atom is -0.507 e. The molecule has 0 amide bonds. The van der Waals surface area contributed by atoms with E-state index in [4.69, 9.17) is 4.74 Å². The van der Waals surface area contributed by atoms with Gasteiger partial charge < -0.3 is 9.84 Å². The number of benzene rings is 1. The van der Waals surface area contributed by atoms with E-state index < -0.39 is 0 Å². The van der Waals surface area contributed by atoms with Gasteiger partial charge in [0.1, 0.15) is 11.5 Å². The Morgan fingerprint density at radius 2 is 2.05 bits per heavy atom. The molecular weight excluding hydrogens is 238 g/mol. The van der Waals surface area contributed by atoms with Crippen LogP contribution in [0.1, 0.15) is 38.2 Å². The second-order valence-electron chi connectivity index (χ2n) is 5.50. The second kappa shape index (κ2) is 6.80. The third kappa shape index (κ3) is 3.87. The van der Waals surface area contributed by atoms with Gasteiger partial charge in [0.25, 0.3) is 0 Å². The highest BCUT2D eigenvalue weighted by atomic mass is 16.5. The minimum atomic E-state index is 0.343. The highest BCUT2D eigenvalue weighted by molar-refractivity contribution is 5.39. The van der Waals surface area contributed by atoms with Crippen molar-refractivity contribution in [3.63, 3.8) is 0 Å². The maximum atomic E-state index is 9.98. The van der Waals surface area contributed by atoms with Gasteiger partial charge in [-0.2, -0.15) is 0 Å². The van der Waals surface area contributed by atoms with Gasteiger partial charge in [-0.3, -0.25) is 4.90 Å². The van der Waals surface area contributed by atoms with Crippen molar-refractivity contribution >= 4 is 0 Å². The Kier molecular flexibility index (Phi) is 5.08. The van der Waals surface area contributed by atoms with E-state index in [0.717, 1.165) is 31.1 Å². The molecular formula is C16H25NO2. The Labute approximate surface area is 116 Å². The summed E-state index contributed by atoms with van der Waals surface area (Å²) in [7, 11) is 1.62. The number of hydrogen-bond donors (Lipinski definition) is 1. The zero-order chi connectivity index (χ0) is 13.7. The Morgan fingerprint density at radius 1 is 1.32 bits per heavy atom. The highest BCUT2D eigenvalue weighted by Crippen LogP contribution is 2.27. The van der Waals surface area contributed by atoms with Gasteiger partial charge in [-0.25, -0.2) is 0 Å². The molecule has 0 aromatic heterocycles. The molecule has 0 radical (unpaired) electrons. The van der Waals surface area contributed by atoms with Crippen LogP contribution in [0.3, 0.4) is 0 Å². The lowest BCUT2D eigenvalue weighted by atomic mass is 9.92. The molecule has 0 aliphatic carbocycles. The molecule has 0 unspecified atom stereocenters. The molecule has 0 bridgehead atoms. The molecule has 1 saturated heterocycles. The van der Waals surface area contributed by atoms with E-state index in [9.17, 15) is 5.11 Å². The second-order valence-corrected chi connectivity index (χ2v) is 5.50. The number of hydrogen-bond acceptors (Lipinski definition) is 3. The van der Waals surface area contributed by atoms with E-state index in [2.05, 4.69) is 11.8 Å². The Morgan fingerprint density at radius 3 is 2.63 bits per heavy atom. The fourth-order valence-electron chi connectivity index (χ4n) is 2.89. The van der Waals surface area contributed by atoms with Crippen LogP contribution in [-0.2, 0) is 6.54 Å². The van der Waals surface area contributed by atoms with Crippen molar-refractivity contribution in [2.75, 3.05) is 20.2 Å². The lowest BCUT2D eigenvalue weighted by molar-refractivity contribution is 0.170. The van der Waals surface area contributed by atoms with Crippen LogP contribution in [0.5, 0.6) is 11.5 Å². The van der Waals surface area contributed by atoms with Gasteiger partial charge in [0.05, 0.1) is 7.11 Å². The summed E-state index contributed by atoms with van der Waals surface area (Å²) in [5, 5.41) is 9.98. The van der Waals surface area contributed by atoms with E-state index in [1.807, 2.05) is 12.1 Å². The maximum Gasteiger partial charge on any atom is 0.123 e. The molecule has 1 N–H and O–H groups in total. The number of likely N-dealkylation sites (tertiary alicyclic amines) is 1. The van der Waals surface area contributed by atoms with Crippen molar-refractivity contribution in [2.24, 2.45) is 5.92 Å². The number of ether oxygens (including phenoxy) is 1. The van der Waals surface area contributed by atoms with Gasteiger partial charge in [0.15, 0.2) is 0 Å². The molecule has 1 aliphatic heterocycles. The summed E-state index contributed by atoms with van der Waals surface area (Å²) in [5.74, 6) is 1.96. The Balaban J connectivity index is 1.88. The fraction of sp³-hybridized carbons (Fsp3) is 0.625. The first kappa shape index (κ1) is 14.2. The Bertz CT molecular complexity index is 398. The van der Waals surface area contributed by atoms with Crippen LogP contribution in [0.4, 0.5) is 0 Å². The number of phenols is 1. The van der Waals surface area contributed by atoms with Crippen molar-refractivity contribution in [3.05, 3.63) is 23.8 Å². The SMILES string of the molecule is CCCC1CCN(Cc2ccc(OC)cc2O)CC1. The van der Waals surface area contributed by atoms with E-state index in [1.165, 1.54) is 25.7 Å². The molecule has 106 valence electrons. The number of methoxy groups -OCH3 is 1. The summed E-state index contributed by atoms with van der Waals surface area (Å²) in [6.07, 6.45) is 5.25. The smallest absolute Gasteiger partial charge is 0.123 e. The average Bonchev–Trinajstić information content (AvgIpc) is 2.43. The van der Waals surface area contributed by atoms with E-state index in [1.54, 1.807) is 13.2 Å². The number of aromatic hydroxyl groups is 1. The summed E-state index contributed by atoms with van der Waals surface area (Å²) in [6, 6.07) is 5.57. The standard InChI is InChI=1S/C16H25NO2/c1-3-4-13-7-9-17(10-8-13)12-14-5-6-15(19-2)11-16(14)18/h5-6,11,13,18H,3-4,7-10,12H2,1-2H3. The van der Waals surface area contributed by atoms with Crippen LogP contribution in [0, 0.1) is 5.92 Å². The molecule has 0 atom stereocenters. The van der Waals surface area contributed by atoms with Crippen LogP contribution in [-0.4, -0.2) is 30.2 Å². The summed E-state index contributed by atoms with van der Waals surface area (Å²) < 4.78 is 5.11. The molecule has 2 rings (SSSR count). The van der Waals surface area contributed by atoms with Crippen molar-refractivity contribution < 1.29 is 9.84 Å².